The van der Waals surface area contributed by atoms with Crippen LogP contribution >= 0.6 is 0 Å². The number of H-pyrrole nitrogens is 1. The quantitative estimate of drug-likeness (QED) is 0.813. The number of nitrogens with one attached hydrogen (secondary N) is 1. The second-order valence-electron chi connectivity index (χ2n) is 3.33. The van der Waals surface area contributed by atoms with E-state index in [9.17, 15) is 8.42 Å². The Morgan fingerprint density at radius 3 is 2.71 bits per heavy atom. The molecule has 0 unspecified atom stereocenters. The Labute approximate surface area is 98.3 Å². The van der Waals surface area contributed by atoms with Crippen molar-refractivity contribution in [3.8, 4) is 0 Å². The summed E-state index contributed by atoms with van der Waals surface area (Å²) < 4.78 is 25.3. The lowest BCUT2D eigenvalue weighted by atomic mass is 10.3. The van der Waals surface area contributed by atoms with E-state index in [1.165, 1.54) is 37.8 Å². The maximum atomic E-state index is 12.1. The molecule has 3 N–H and O–H groups in total. The van der Waals surface area contributed by atoms with E-state index in [0.717, 1.165) is 4.31 Å². The van der Waals surface area contributed by atoms with Crippen LogP contribution < -0.4 is 10.0 Å². The number of pyridine rings is 1. The maximum absolute atomic E-state index is 12.1. The first-order chi connectivity index (χ1) is 8.03. The van der Waals surface area contributed by atoms with Gasteiger partial charge in [0.05, 0.1) is 23.8 Å². The van der Waals surface area contributed by atoms with Gasteiger partial charge in [-0.3, -0.25) is 14.4 Å². The van der Waals surface area contributed by atoms with E-state index < -0.39 is 10.0 Å². The van der Waals surface area contributed by atoms with Crippen molar-refractivity contribution in [2.75, 3.05) is 17.1 Å². The highest BCUT2D eigenvalue weighted by Crippen LogP contribution is 2.25. The highest BCUT2D eigenvalue weighted by molar-refractivity contribution is 7.92. The van der Waals surface area contributed by atoms with Crippen molar-refractivity contribution in [3.63, 3.8) is 0 Å². The molecule has 17 heavy (non-hydrogen) atoms. The number of nitrogens with two attached hydrogens (primary N) is 1. The molecule has 2 aromatic heterocycles. The van der Waals surface area contributed by atoms with Crippen LogP contribution in [-0.2, 0) is 10.0 Å². The lowest BCUT2D eigenvalue weighted by Crippen LogP contribution is -2.27. The standard InChI is InChI=1S/C9H11N5O2S/c1-14(8-2-4-11-6-7(8)10)17(15,16)9-3-5-12-13-9/h2-6H,10H2,1H3,(H,12,13). The van der Waals surface area contributed by atoms with E-state index in [0.29, 0.717) is 5.69 Å². The summed E-state index contributed by atoms with van der Waals surface area (Å²) in [6, 6.07) is 2.91. The van der Waals surface area contributed by atoms with Crippen LogP contribution in [0.15, 0.2) is 35.7 Å². The Bertz CT molecular complexity index is 608. The van der Waals surface area contributed by atoms with E-state index in [-0.39, 0.29) is 10.7 Å². The molecule has 90 valence electrons. The maximum Gasteiger partial charge on any atom is 0.281 e. The van der Waals surface area contributed by atoms with Crippen LogP contribution in [0.2, 0.25) is 0 Å². The fourth-order valence-corrected chi connectivity index (χ4v) is 2.47. The van der Waals surface area contributed by atoms with Crippen molar-refractivity contribution in [2.45, 2.75) is 5.03 Å². The van der Waals surface area contributed by atoms with E-state index in [2.05, 4.69) is 15.2 Å². The van der Waals surface area contributed by atoms with Gasteiger partial charge in [-0.25, -0.2) is 0 Å². The minimum Gasteiger partial charge on any atom is -0.396 e. The summed E-state index contributed by atoms with van der Waals surface area (Å²) in [5, 5.41) is 6.03. The first kappa shape index (κ1) is 11.4. The van der Waals surface area contributed by atoms with E-state index in [1.54, 1.807) is 0 Å². The first-order valence-electron chi connectivity index (χ1n) is 4.71. The second-order valence-corrected chi connectivity index (χ2v) is 5.27. The van der Waals surface area contributed by atoms with Gasteiger partial charge in [-0.05, 0) is 12.1 Å². The minimum atomic E-state index is -3.66. The molecule has 0 aliphatic heterocycles. The summed E-state index contributed by atoms with van der Waals surface area (Å²) in [4.78, 5) is 3.81. The zero-order valence-corrected chi connectivity index (χ0v) is 9.85. The molecule has 0 fully saturated rings. The highest BCUT2D eigenvalue weighted by atomic mass is 32.2. The van der Waals surface area contributed by atoms with Gasteiger partial charge < -0.3 is 5.73 Å². The molecule has 0 atom stereocenters. The fourth-order valence-electron chi connectivity index (χ4n) is 1.35. The Morgan fingerprint density at radius 2 is 2.12 bits per heavy atom. The zero-order valence-electron chi connectivity index (χ0n) is 9.03. The molecule has 0 amide bonds. The average Bonchev–Trinajstić information content (AvgIpc) is 2.83. The van der Waals surface area contributed by atoms with Crippen molar-refractivity contribution in [1.82, 2.24) is 15.2 Å². The lowest BCUT2D eigenvalue weighted by molar-refractivity contribution is 0.590. The SMILES string of the molecule is CN(c1ccncc1N)S(=O)(=O)c1ccn[nH]1. The van der Waals surface area contributed by atoms with Crippen LogP contribution in [-0.4, -0.2) is 30.6 Å². The number of hydrogen-bond acceptors (Lipinski definition) is 5. The third-order valence-corrected chi connectivity index (χ3v) is 3.98. The molecule has 0 bridgehead atoms. The summed E-state index contributed by atoms with van der Waals surface area (Å²) in [7, 11) is -2.25. The molecule has 0 aliphatic rings. The Balaban J connectivity index is 2.46. The topological polar surface area (TPSA) is 105 Å². The largest absolute Gasteiger partial charge is 0.396 e. The minimum absolute atomic E-state index is 0.0104. The number of rotatable bonds is 3. The number of sulfonamides is 1. The number of aromatic amines is 1. The lowest BCUT2D eigenvalue weighted by Gasteiger charge is -2.19. The molecular weight excluding hydrogens is 242 g/mol. The normalized spacial score (nSPS) is 11.4. The van der Waals surface area contributed by atoms with Crippen molar-refractivity contribution < 1.29 is 8.42 Å². The van der Waals surface area contributed by atoms with E-state index in [4.69, 9.17) is 5.73 Å². The monoisotopic (exact) mass is 253 g/mol. The number of anilines is 2. The summed E-state index contributed by atoms with van der Waals surface area (Å²) in [5.41, 5.74) is 6.34. The molecule has 0 saturated carbocycles. The summed E-state index contributed by atoms with van der Waals surface area (Å²) >= 11 is 0. The molecule has 2 aromatic rings. The molecule has 2 rings (SSSR count). The van der Waals surface area contributed by atoms with Gasteiger partial charge in [0.15, 0.2) is 5.03 Å². The molecule has 0 spiro atoms. The number of aromatic nitrogens is 3. The molecule has 0 radical (unpaired) electrons. The summed E-state index contributed by atoms with van der Waals surface area (Å²) in [6.07, 6.45) is 4.25. The van der Waals surface area contributed by atoms with Gasteiger partial charge in [0.1, 0.15) is 0 Å². The van der Waals surface area contributed by atoms with Crippen molar-refractivity contribution in [2.24, 2.45) is 0 Å². The molecule has 0 saturated heterocycles. The van der Waals surface area contributed by atoms with Crippen molar-refractivity contribution in [3.05, 3.63) is 30.7 Å². The number of nitrogen functional groups attached to an aromatic ring is 1. The van der Waals surface area contributed by atoms with Crippen LogP contribution in [0.5, 0.6) is 0 Å². The predicted octanol–water partition coefficient (Wildman–Crippen LogP) is 0.212. The van der Waals surface area contributed by atoms with E-state index >= 15 is 0 Å². The Kier molecular flexibility index (Phi) is 2.72. The van der Waals surface area contributed by atoms with Gasteiger partial charge in [0.25, 0.3) is 10.0 Å². The van der Waals surface area contributed by atoms with Crippen LogP contribution in [0.1, 0.15) is 0 Å². The van der Waals surface area contributed by atoms with Gasteiger partial charge in [-0.15, -0.1) is 0 Å². The van der Waals surface area contributed by atoms with E-state index in [1.807, 2.05) is 0 Å². The first-order valence-corrected chi connectivity index (χ1v) is 6.15. The summed E-state index contributed by atoms with van der Waals surface area (Å²) in [5.74, 6) is 0. The van der Waals surface area contributed by atoms with Crippen LogP contribution in [0.3, 0.4) is 0 Å². The molecule has 8 heteroatoms. The third-order valence-electron chi connectivity index (χ3n) is 2.28. The van der Waals surface area contributed by atoms with Crippen LogP contribution in [0.25, 0.3) is 0 Å². The van der Waals surface area contributed by atoms with Crippen molar-refractivity contribution >= 4 is 21.4 Å². The highest BCUT2D eigenvalue weighted by Gasteiger charge is 2.23. The molecule has 7 nitrogen and oxygen atoms in total. The molecular formula is C9H11N5O2S. The van der Waals surface area contributed by atoms with Gasteiger partial charge in [-0.2, -0.15) is 13.5 Å². The van der Waals surface area contributed by atoms with Crippen molar-refractivity contribution in [1.29, 1.82) is 0 Å². The molecule has 0 aliphatic carbocycles. The number of hydrogen-bond donors (Lipinski definition) is 2. The summed E-state index contributed by atoms with van der Waals surface area (Å²) in [6.45, 7) is 0. The smallest absolute Gasteiger partial charge is 0.281 e. The fraction of sp³-hybridized carbons (Fsp3) is 0.111. The second kappa shape index (κ2) is 4.06. The predicted molar refractivity (Wildman–Crippen MR) is 62.8 cm³/mol. The third kappa shape index (κ3) is 1.94. The van der Waals surface area contributed by atoms with Crippen LogP contribution in [0.4, 0.5) is 11.4 Å². The zero-order chi connectivity index (χ0) is 12.5. The van der Waals surface area contributed by atoms with Gasteiger partial charge in [0, 0.05) is 13.2 Å². The van der Waals surface area contributed by atoms with Crippen LogP contribution in [0, 0.1) is 0 Å². The Morgan fingerprint density at radius 1 is 1.35 bits per heavy atom. The van der Waals surface area contributed by atoms with Gasteiger partial charge >= 0.3 is 0 Å². The Hall–Kier alpha value is -2.09. The molecule has 2 heterocycles. The number of nitrogens with zero attached hydrogens (tertiary/aromatic N) is 3. The van der Waals surface area contributed by atoms with Gasteiger partial charge in [0.2, 0.25) is 0 Å². The average molecular weight is 253 g/mol. The molecule has 0 aromatic carbocycles. The van der Waals surface area contributed by atoms with Gasteiger partial charge in [-0.1, -0.05) is 0 Å².